The van der Waals surface area contributed by atoms with Gasteiger partial charge in [0.1, 0.15) is 0 Å². The first kappa shape index (κ1) is 35.6. The van der Waals surface area contributed by atoms with Gasteiger partial charge in [0.05, 0.1) is 0 Å². The maximum absolute atomic E-state index is 3.62. The quantitative estimate of drug-likeness (QED) is 0.0510. The van der Waals surface area contributed by atoms with Crippen LogP contribution in [0.4, 0.5) is 11.4 Å². The average molecular weight is 777 g/mol. The highest BCUT2D eigenvalue weighted by molar-refractivity contribution is 14.1. The Hall–Kier alpha value is -0.640. The van der Waals surface area contributed by atoms with E-state index < -0.39 is 0 Å². The van der Waals surface area contributed by atoms with Gasteiger partial charge in [-0.3, -0.25) is 0 Å². The van der Waals surface area contributed by atoms with E-state index in [0.29, 0.717) is 8.10 Å². The number of hydrogen-bond acceptors (Lipinski definition) is 2. The number of pyridine rings is 2. The first-order valence-electron chi connectivity index (χ1n) is 16.2. The first-order chi connectivity index (χ1) is 19.4. The molecule has 0 bridgehead atoms. The van der Waals surface area contributed by atoms with E-state index in [0.717, 1.165) is 24.9 Å². The molecule has 0 saturated carbocycles. The minimum Gasteiger partial charge on any atom is -0.384 e. The fourth-order valence-corrected chi connectivity index (χ4v) is 6.66. The second-order valence-corrected chi connectivity index (χ2v) is 14.8. The van der Waals surface area contributed by atoms with Crippen molar-refractivity contribution >= 4 is 56.6 Å². The van der Waals surface area contributed by atoms with Gasteiger partial charge in [-0.1, -0.05) is 79.1 Å². The molecule has 4 unspecified atom stereocenters. The summed E-state index contributed by atoms with van der Waals surface area (Å²) in [5, 5.41) is 7.25. The van der Waals surface area contributed by atoms with Gasteiger partial charge in [0, 0.05) is 61.6 Å². The van der Waals surface area contributed by atoms with Gasteiger partial charge in [0.15, 0.2) is 24.8 Å². The molecule has 2 rings (SSSR count). The van der Waals surface area contributed by atoms with Crippen molar-refractivity contribution in [3.05, 3.63) is 49.1 Å². The predicted octanol–water partition coefficient (Wildman–Crippen LogP) is 10.4. The monoisotopic (exact) mass is 776 g/mol. The molecule has 226 valence electrons. The third-order valence-corrected chi connectivity index (χ3v) is 10.4. The second-order valence-electron chi connectivity index (χ2n) is 11.9. The van der Waals surface area contributed by atoms with Crippen molar-refractivity contribution in [2.24, 2.45) is 11.8 Å². The molecule has 4 atom stereocenters. The fraction of sp³-hybridized carbons (Fsp3) is 0.706. The Morgan fingerprint density at radius 3 is 1.25 bits per heavy atom. The van der Waals surface area contributed by atoms with Crippen molar-refractivity contribution < 1.29 is 9.13 Å². The zero-order valence-electron chi connectivity index (χ0n) is 25.9. The van der Waals surface area contributed by atoms with E-state index in [9.17, 15) is 0 Å². The van der Waals surface area contributed by atoms with Crippen LogP contribution >= 0.6 is 45.2 Å². The molecule has 0 aromatic carbocycles. The number of hydrogen-bond donors (Lipinski definition) is 2. The standard InChI is InChI=1S/C34H56I2N4/c1-5-7-11-15-29(3)27-37-31-19-23-39(24-20-31)33(35)17-13-9-10-14-18-34(36)40-25-21-32(22-26-40)38-28-30(4)16-12-8-6-2/h19-26,29-30,33-34H,5-18,27-28H2,1-4H3/p+2. The number of alkyl halides is 2. The van der Waals surface area contributed by atoms with Crippen molar-refractivity contribution in [2.75, 3.05) is 23.7 Å². The van der Waals surface area contributed by atoms with Crippen LogP contribution < -0.4 is 19.8 Å². The van der Waals surface area contributed by atoms with E-state index >= 15 is 0 Å². The topological polar surface area (TPSA) is 31.8 Å². The molecule has 0 aliphatic heterocycles. The van der Waals surface area contributed by atoms with Crippen LogP contribution in [0.1, 0.15) is 126 Å². The number of aromatic nitrogens is 2. The molecule has 0 spiro atoms. The van der Waals surface area contributed by atoms with Gasteiger partial charge in [-0.15, -0.1) is 0 Å². The zero-order valence-corrected chi connectivity index (χ0v) is 30.2. The normalized spacial score (nSPS) is 14.4. The van der Waals surface area contributed by atoms with Crippen LogP contribution in [0.15, 0.2) is 49.1 Å². The Labute approximate surface area is 274 Å². The first-order valence-corrected chi connectivity index (χ1v) is 18.7. The molecular weight excluding hydrogens is 718 g/mol. The molecule has 0 saturated heterocycles. The molecule has 0 amide bonds. The molecule has 2 N–H and O–H groups in total. The van der Waals surface area contributed by atoms with Gasteiger partial charge in [0.2, 0.25) is 8.10 Å². The summed E-state index contributed by atoms with van der Waals surface area (Å²) in [6.07, 6.45) is 27.4. The fourth-order valence-electron chi connectivity index (χ4n) is 5.04. The Morgan fingerprint density at radius 2 is 0.900 bits per heavy atom. The van der Waals surface area contributed by atoms with Crippen LogP contribution in [0.3, 0.4) is 0 Å². The summed E-state index contributed by atoms with van der Waals surface area (Å²) >= 11 is 5.20. The van der Waals surface area contributed by atoms with E-state index in [1.165, 1.54) is 101 Å². The molecule has 40 heavy (non-hydrogen) atoms. The van der Waals surface area contributed by atoms with Crippen LogP contribution in [0.25, 0.3) is 0 Å². The van der Waals surface area contributed by atoms with Crippen molar-refractivity contribution in [2.45, 2.75) is 126 Å². The number of anilines is 2. The van der Waals surface area contributed by atoms with Gasteiger partial charge >= 0.3 is 0 Å². The van der Waals surface area contributed by atoms with Crippen molar-refractivity contribution in [1.29, 1.82) is 0 Å². The largest absolute Gasteiger partial charge is 0.384 e. The molecule has 0 aliphatic rings. The van der Waals surface area contributed by atoms with E-state index in [1.54, 1.807) is 0 Å². The third kappa shape index (κ3) is 15.5. The number of rotatable bonds is 23. The van der Waals surface area contributed by atoms with E-state index in [2.05, 4.69) is 142 Å². The summed E-state index contributed by atoms with van der Waals surface area (Å²) in [6.45, 7) is 11.4. The molecule has 2 aromatic heterocycles. The minimum absolute atomic E-state index is 0.527. The number of nitrogens with zero attached hydrogens (tertiary/aromatic N) is 2. The Kier molecular flexibility index (Phi) is 19.5. The van der Waals surface area contributed by atoms with Crippen LogP contribution in [0, 0.1) is 11.8 Å². The molecular formula is C34H58I2N4+2. The highest BCUT2D eigenvalue weighted by atomic mass is 127. The Morgan fingerprint density at radius 1 is 0.550 bits per heavy atom. The van der Waals surface area contributed by atoms with Gasteiger partial charge in [-0.25, -0.2) is 0 Å². The maximum Gasteiger partial charge on any atom is 0.207 e. The summed E-state index contributed by atoms with van der Waals surface area (Å²) in [5.41, 5.74) is 2.48. The highest BCUT2D eigenvalue weighted by Gasteiger charge is 2.16. The molecule has 0 aliphatic carbocycles. The predicted molar refractivity (Wildman–Crippen MR) is 191 cm³/mol. The molecule has 2 heterocycles. The van der Waals surface area contributed by atoms with Gasteiger partial charge in [0.25, 0.3) is 0 Å². The molecule has 6 heteroatoms. The van der Waals surface area contributed by atoms with E-state index in [4.69, 9.17) is 0 Å². The van der Waals surface area contributed by atoms with E-state index in [1.807, 2.05) is 0 Å². The van der Waals surface area contributed by atoms with Crippen LogP contribution in [0.2, 0.25) is 0 Å². The molecule has 4 nitrogen and oxygen atoms in total. The SMILES string of the molecule is CCCCCC(C)CNc1cc[n+](C(I)CCCCCCC(I)[n+]2ccc(NCC(C)CCCCC)cc2)cc1. The smallest absolute Gasteiger partial charge is 0.207 e. The second kappa shape index (κ2) is 22.0. The average Bonchev–Trinajstić information content (AvgIpc) is 2.97. The lowest BCUT2D eigenvalue weighted by Crippen LogP contribution is -2.35. The summed E-state index contributed by atoms with van der Waals surface area (Å²) < 4.78 is 5.77. The van der Waals surface area contributed by atoms with Crippen molar-refractivity contribution in [3.63, 3.8) is 0 Å². The van der Waals surface area contributed by atoms with Crippen LogP contribution in [-0.2, 0) is 0 Å². The number of unbranched alkanes of at least 4 members (excludes halogenated alkanes) is 7. The zero-order chi connectivity index (χ0) is 29.0. The summed E-state index contributed by atoms with van der Waals surface area (Å²) in [7, 11) is 0. The number of nitrogens with one attached hydrogen (secondary N) is 2. The van der Waals surface area contributed by atoms with Crippen molar-refractivity contribution in [3.8, 4) is 0 Å². The minimum atomic E-state index is 0.527. The maximum atomic E-state index is 3.62. The van der Waals surface area contributed by atoms with Gasteiger partial charge in [-0.05, 0) is 82.7 Å². The van der Waals surface area contributed by atoms with Gasteiger partial charge in [-0.2, -0.15) is 9.13 Å². The Bertz CT molecular complexity index is 801. The summed E-state index contributed by atoms with van der Waals surface area (Å²) in [5.74, 6) is 1.47. The van der Waals surface area contributed by atoms with E-state index in [-0.39, 0.29) is 0 Å². The summed E-state index contributed by atoms with van der Waals surface area (Å²) in [4.78, 5) is 0. The lowest BCUT2D eigenvalue weighted by atomic mass is 10.0. The van der Waals surface area contributed by atoms with Crippen molar-refractivity contribution in [1.82, 2.24) is 0 Å². The van der Waals surface area contributed by atoms with Crippen LogP contribution in [0.5, 0.6) is 0 Å². The Balaban J connectivity index is 1.57. The molecule has 2 aromatic rings. The lowest BCUT2D eigenvalue weighted by molar-refractivity contribution is -0.695. The number of halogens is 2. The van der Waals surface area contributed by atoms with Crippen LogP contribution in [-0.4, -0.2) is 13.1 Å². The summed E-state index contributed by atoms with van der Waals surface area (Å²) in [6, 6.07) is 8.95. The molecule has 0 fully saturated rings. The molecule has 0 radical (unpaired) electrons. The lowest BCUT2D eigenvalue weighted by Gasteiger charge is -2.13. The van der Waals surface area contributed by atoms with Gasteiger partial charge < -0.3 is 10.6 Å². The highest BCUT2D eigenvalue weighted by Crippen LogP contribution is 2.22. The third-order valence-electron chi connectivity index (χ3n) is 7.90.